The number of benzene rings is 2. The van der Waals surface area contributed by atoms with E-state index >= 15 is 0 Å². The minimum absolute atomic E-state index is 0.0533. The number of halogens is 1. The highest BCUT2D eigenvalue weighted by Gasteiger charge is 2.22. The number of aromatic nitrogens is 1. The van der Waals surface area contributed by atoms with Crippen molar-refractivity contribution in [3.05, 3.63) is 59.4 Å². The van der Waals surface area contributed by atoms with Crippen LogP contribution < -0.4 is 5.32 Å². The minimum atomic E-state index is -0.194. The maximum atomic E-state index is 13.5. The number of rotatable bonds is 2. The molecule has 1 atom stereocenters. The molecule has 3 aromatic rings. The van der Waals surface area contributed by atoms with Crippen molar-refractivity contribution in [3.63, 3.8) is 0 Å². The molecular weight excluding hydrogens is 267 g/mol. The van der Waals surface area contributed by atoms with Gasteiger partial charge in [-0.2, -0.15) is 4.98 Å². The van der Waals surface area contributed by atoms with Gasteiger partial charge in [-0.05, 0) is 54.7 Å². The molecular formula is C17H15FN2O. The van der Waals surface area contributed by atoms with E-state index in [1.807, 2.05) is 30.3 Å². The van der Waals surface area contributed by atoms with Crippen molar-refractivity contribution in [1.82, 2.24) is 4.98 Å². The minimum Gasteiger partial charge on any atom is -0.424 e. The van der Waals surface area contributed by atoms with E-state index in [2.05, 4.69) is 10.3 Å². The molecule has 1 unspecified atom stereocenters. The number of hydrogen-bond acceptors (Lipinski definition) is 3. The fourth-order valence-corrected chi connectivity index (χ4v) is 3.00. The Bertz CT molecular complexity index is 763. The zero-order valence-electron chi connectivity index (χ0n) is 11.5. The largest absolute Gasteiger partial charge is 0.424 e. The van der Waals surface area contributed by atoms with Crippen LogP contribution in [0.15, 0.2) is 46.9 Å². The van der Waals surface area contributed by atoms with E-state index in [1.54, 1.807) is 6.07 Å². The van der Waals surface area contributed by atoms with Gasteiger partial charge in [0.25, 0.3) is 6.01 Å². The second kappa shape index (κ2) is 4.88. The molecule has 1 aliphatic carbocycles. The number of fused-ring (bicyclic) bond motifs is 2. The summed E-state index contributed by atoms with van der Waals surface area (Å²) in [5.74, 6) is -0.194. The lowest BCUT2D eigenvalue weighted by molar-refractivity contribution is 0.548. The molecule has 0 saturated carbocycles. The van der Waals surface area contributed by atoms with Crippen LogP contribution >= 0.6 is 0 Å². The topological polar surface area (TPSA) is 38.1 Å². The maximum absolute atomic E-state index is 13.5. The van der Waals surface area contributed by atoms with E-state index in [0.717, 1.165) is 35.9 Å². The van der Waals surface area contributed by atoms with Crippen molar-refractivity contribution >= 4 is 17.1 Å². The summed E-state index contributed by atoms with van der Waals surface area (Å²) in [6, 6.07) is 13.2. The van der Waals surface area contributed by atoms with Crippen molar-refractivity contribution in [2.24, 2.45) is 0 Å². The Kier molecular flexibility index (Phi) is 2.88. The number of nitrogens with one attached hydrogen (secondary N) is 1. The Morgan fingerprint density at radius 3 is 3.00 bits per heavy atom. The van der Waals surface area contributed by atoms with Gasteiger partial charge in [-0.25, -0.2) is 4.39 Å². The van der Waals surface area contributed by atoms with Gasteiger partial charge in [0.05, 0.1) is 6.04 Å². The highest BCUT2D eigenvalue weighted by atomic mass is 19.1. The second-order valence-electron chi connectivity index (χ2n) is 5.42. The van der Waals surface area contributed by atoms with E-state index in [9.17, 15) is 4.39 Å². The lowest BCUT2D eigenvalue weighted by Gasteiger charge is -2.25. The van der Waals surface area contributed by atoms with Crippen LogP contribution in [0.2, 0.25) is 0 Å². The number of nitrogens with zero attached hydrogens (tertiary/aromatic N) is 1. The maximum Gasteiger partial charge on any atom is 0.296 e. The van der Waals surface area contributed by atoms with Crippen molar-refractivity contribution in [3.8, 4) is 0 Å². The highest BCUT2D eigenvalue weighted by Crippen LogP contribution is 2.33. The molecule has 0 amide bonds. The molecule has 0 fully saturated rings. The van der Waals surface area contributed by atoms with Gasteiger partial charge in [0.15, 0.2) is 5.58 Å². The molecule has 3 nitrogen and oxygen atoms in total. The molecule has 0 aliphatic heterocycles. The highest BCUT2D eigenvalue weighted by molar-refractivity contribution is 5.74. The van der Waals surface area contributed by atoms with E-state index in [-0.39, 0.29) is 11.9 Å². The molecule has 1 aromatic heterocycles. The van der Waals surface area contributed by atoms with Gasteiger partial charge in [0, 0.05) is 0 Å². The number of anilines is 1. The fourth-order valence-electron chi connectivity index (χ4n) is 3.00. The smallest absolute Gasteiger partial charge is 0.296 e. The first-order chi connectivity index (χ1) is 10.3. The molecule has 1 aliphatic rings. The molecule has 4 heteroatoms. The summed E-state index contributed by atoms with van der Waals surface area (Å²) in [4.78, 5) is 4.43. The number of oxazole rings is 1. The Labute approximate surface area is 121 Å². The summed E-state index contributed by atoms with van der Waals surface area (Å²) in [6.45, 7) is 0. The summed E-state index contributed by atoms with van der Waals surface area (Å²) >= 11 is 0. The predicted molar refractivity (Wildman–Crippen MR) is 79.7 cm³/mol. The second-order valence-corrected chi connectivity index (χ2v) is 5.42. The Hall–Kier alpha value is -2.36. The third-order valence-corrected chi connectivity index (χ3v) is 4.01. The first kappa shape index (κ1) is 12.4. The molecule has 21 heavy (non-hydrogen) atoms. The third-order valence-electron chi connectivity index (χ3n) is 4.01. The molecule has 0 spiro atoms. The molecule has 2 aromatic carbocycles. The summed E-state index contributed by atoms with van der Waals surface area (Å²) < 4.78 is 19.2. The van der Waals surface area contributed by atoms with Gasteiger partial charge < -0.3 is 9.73 Å². The zero-order chi connectivity index (χ0) is 14.2. The molecule has 106 valence electrons. The van der Waals surface area contributed by atoms with Gasteiger partial charge in [-0.3, -0.25) is 0 Å². The van der Waals surface area contributed by atoms with E-state index in [1.165, 1.54) is 11.6 Å². The van der Waals surface area contributed by atoms with Crippen LogP contribution in [0.25, 0.3) is 11.1 Å². The van der Waals surface area contributed by atoms with Crippen LogP contribution in [-0.4, -0.2) is 4.98 Å². The van der Waals surface area contributed by atoms with Crippen LogP contribution in [0.4, 0.5) is 10.4 Å². The molecule has 0 saturated heterocycles. The van der Waals surface area contributed by atoms with Crippen LogP contribution in [0.3, 0.4) is 0 Å². The van der Waals surface area contributed by atoms with Crippen LogP contribution in [0, 0.1) is 5.82 Å². The Morgan fingerprint density at radius 1 is 1.19 bits per heavy atom. The first-order valence-corrected chi connectivity index (χ1v) is 7.20. The lowest BCUT2D eigenvalue weighted by atomic mass is 9.88. The number of para-hydroxylation sites is 2. The number of hydrogen-bond donors (Lipinski definition) is 1. The SMILES string of the molecule is Fc1ccc2c(c1)C(Nc1nc3ccccc3o1)CCC2. The summed E-state index contributed by atoms with van der Waals surface area (Å²) in [7, 11) is 0. The molecule has 1 N–H and O–H groups in total. The average molecular weight is 282 g/mol. The summed E-state index contributed by atoms with van der Waals surface area (Å²) in [5, 5.41) is 3.31. The van der Waals surface area contributed by atoms with Crippen molar-refractivity contribution in [2.75, 3.05) is 5.32 Å². The van der Waals surface area contributed by atoms with Gasteiger partial charge in [-0.15, -0.1) is 0 Å². The van der Waals surface area contributed by atoms with Gasteiger partial charge in [0.2, 0.25) is 0 Å². The first-order valence-electron chi connectivity index (χ1n) is 7.20. The number of aryl methyl sites for hydroxylation is 1. The van der Waals surface area contributed by atoms with Gasteiger partial charge in [-0.1, -0.05) is 18.2 Å². The normalized spacial score (nSPS) is 17.7. The van der Waals surface area contributed by atoms with Gasteiger partial charge >= 0.3 is 0 Å². The fraction of sp³-hybridized carbons (Fsp3) is 0.235. The van der Waals surface area contributed by atoms with E-state index in [0.29, 0.717) is 6.01 Å². The van der Waals surface area contributed by atoms with Crippen molar-refractivity contribution < 1.29 is 8.81 Å². The van der Waals surface area contributed by atoms with Crippen molar-refractivity contribution in [2.45, 2.75) is 25.3 Å². The molecule has 0 radical (unpaired) electrons. The molecule has 1 heterocycles. The third kappa shape index (κ3) is 2.27. The lowest BCUT2D eigenvalue weighted by Crippen LogP contribution is -2.17. The van der Waals surface area contributed by atoms with Crippen LogP contribution in [0.1, 0.15) is 30.0 Å². The zero-order valence-corrected chi connectivity index (χ0v) is 11.5. The van der Waals surface area contributed by atoms with Gasteiger partial charge in [0.1, 0.15) is 11.3 Å². The van der Waals surface area contributed by atoms with Crippen LogP contribution in [-0.2, 0) is 6.42 Å². The Balaban J connectivity index is 1.67. The quantitative estimate of drug-likeness (QED) is 0.754. The van der Waals surface area contributed by atoms with Crippen molar-refractivity contribution in [1.29, 1.82) is 0 Å². The monoisotopic (exact) mass is 282 g/mol. The molecule has 0 bridgehead atoms. The van der Waals surface area contributed by atoms with E-state index in [4.69, 9.17) is 4.42 Å². The molecule has 4 rings (SSSR count). The summed E-state index contributed by atoms with van der Waals surface area (Å²) in [6.07, 6.45) is 3.03. The van der Waals surface area contributed by atoms with E-state index < -0.39 is 0 Å². The Morgan fingerprint density at radius 2 is 2.10 bits per heavy atom. The summed E-state index contributed by atoms with van der Waals surface area (Å²) in [5.41, 5.74) is 3.81. The predicted octanol–water partition coefficient (Wildman–Crippen LogP) is 4.46. The standard InChI is InChI=1S/C17H15FN2O/c18-12-9-8-11-4-3-6-14(13(11)10-12)19-17-20-15-5-1-2-7-16(15)21-17/h1-2,5,7-10,14H,3-4,6H2,(H,19,20). The van der Waals surface area contributed by atoms with Crippen LogP contribution in [0.5, 0.6) is 0 Å². The average Bonchev–Trinajstić information content (AvgIpc) is 2.90.